The molecule has 2 rings (SSSR count). The van der Waals surface area contributed by atoms with Gasteiger partial charge < -0.3 is 4.74 Å². The van der Waals surface area contributed by atoms with Crippen LogP contribution in [0, 0.1) is 0 Å². The Morgan fingerprint density at radius 3 is 2.43 bits per heavy atom. The summed E-state index contributed by atoms with van der Waals surface area (Å²) in [6.45, 7) is 5.26. The van der Waals surface area contributed by atoms with Crippen LogP contribution in [0.25, 0.3) is 0 Å². The Bertz CT molecular complexity index is 551. The van der Waals surface area contributed by atoms with Crippen LogP contribution in [0.5, 0.6) is 0 Å². The molecule has 0 atom stereocenters. The number of amides is 2. The SMILES string of the molecule is CC(C)(C)OC(=O)NC(=O)C1(c2ccccn2)CC=CC1. The fourth-order valence-corrected chi connectivity index (χ4v) is 2.33. The van der Waals surface area contributed by atoms with Gasteiger partial charge in [-0.05, 0) is 45.7 Å². The molecule has 0 radical (unpaired) electrons. The van der Waals surface area contributed by atoms with Gasteiger partial charge in [-0.3, -0.25) is 15.1 Å². The minimum Gasteiger partial charge on any atom is -0.444 e. The second kappa shape index (κ2) is 5.68. The molecule has 1 aliphatic rings. The first kappa shape index (κ1) is 15.2. The standard InChI is InChI=1S/C16H20N2O3/c1-15(2,3)21-14(20)18-13(19)16(9-5-6-10-16)12-8-4-7-11-17-12/h4-8,11H,9-10H2,1-3H3,(H,18,19,20). The van der Waals surface area contributed by atoms with E-state index in [0.717, 1.165) is 0 Å². The smallest absolute Gasteiger partial charge is 0.414 e. The molecule has 5 nitrogen and oxygen atoms in total. The lowest BCUT2D eigenvalue weighted by atomic mass is 9.80. The van der Waals surface area contributed by atoms with Crippen molar-refractivity contribution in [1.82, 2.24) is 10.3 Å². The quantitative estimate of drug-likeness (QED) is 0.850. The fraction of sp³-hybridized carbons (Fsp3) is 0.438. The summed E-state index contributed by atoms with van der Waals surface area (Å²) < 4.78 is 5.14. The Morgan fingerprint density at radius 2 is 1.90 bits per heavy atom. The van der Waals surface area contributed by atoms with E-state index in [1.807, 2.05) is 24.3 Å². The lowest BCUT2D eigenvalue weighted by Crippen LogP contribution is -2.47. The molecule has 0 aromatic carbocycles. The van der Waals surface area contributed by atoms with Gasteiger partial charge in [0.05, 0.1) is 11.1 Å². The molecule has 0 aliphatic heterocycles. The number of allylic oxidation sites excluding steroid dienone is 2. The summed E-state index contributed by atoms with van der Waals surface area (Å²) >= 11 is 0. The van der Waals surface area contributed by atoms with Crippen LogP contribution in [0.3, 0.4) is 0 Å². The second-order valence-electron chi connectivity index (χ2n) is 6.13. The second-order valence-corrected chi connectivity index (χ2v) is 6.13. The fourth-order valence-electron chi connectivity index (χ4n) is 2.33. The number of alkyl carbamates (subject to hydrolysis) is 1. The van der Waals surface area contributed by atoms with Gasteiger partial charge in [-0.25, -0.2) is 4.79 Å². The van der Waals surface area contributed by atoms with Gasteiger partial charge >= 0.3 is 6.09 Å². The molecule has 5 heteroatoms. The highest BCUT2D eigenvalue weighted by Crippen LogP contribution is 2.36. The van der Waals surface area contributed by atoms with Crippen LogP contribution < -0.4 is 5.32 Å². The molecule has 21 heavy (non-hydrogen) atoms. The summed E-state index contributed by atoms with van der Waals surface area (Å²) in [5.74, 6) is -0.375. The van der Waals surface area contributed by atoms with Gasteiger partial charge in [0.15, 0.2) is 0 Å². The Balaban J connectivity index is 2.16. The van der Waals surface area contributed by atoms with Crippen LogP contribution in [0.2, 0.25) is 0 Å². The molecule has 0 fully saturated rings. The van der Waals surface area contributed by atoms with Crippen LogP contribution in [-0.4, -0.2) is 22.6 Å². The number of imide groups is 1. The number of carbonyl (C=O) groups excluding carboxylic acids is 2. The van der Waals surface area contributed by atoms with E-state index in [9.17, 15) is 9.59 Å². The minimum absolute atomic E-state index is 0.375. The first-order valence-electron chi connectivity index (χ1n) is 6.94. The minimum atomic E-state index is -0.821. The molecule has 0 unspecified atom stereocenters. The molecule has 0 spiro atoms. The van der Waals surface area contributed by atoms with Crippen molar-refractivity contribution in [1.29, 1.82) is 0 Å². The summed E-state index contributed by atoms with van der Waals surface area (Å²) in [7, 11) is 0. The molecule has 1 heterocycles. The maximum absolute atomic E-state index is 12.6. The van der Waals surface area contributed by atoms with Crippen molar-refractivity contribution in [2.45, 2.75) is 44.6 Å². The molecule has 2 amide bonds. The molecular weight excluding hydrogens is 268 g/mol. The number of aromatic nitrogens is 1. The number of carbonyl (C=O) groups is 2. The van der Waals surface area contributed by atoms with Gasteiger partial charge in [0.25, 0.3) is 0 Å². The Hall–Kier alpha value is -2.17. The highest BCUT2D eigenvalue weighted by atomic mass is 16.6. The molecule has 1 aromatic heterocycles. The van der Waals surface area contributed by atoms with Crippen molar-refractivity contribution in [3.63, 3.8) is 0 Å². The van der Waals surface area contributed by atoms with Gasteiger partial charge in [0.2, 0.25) is 5.91 Å². The molecule has 1 aromatic rings. The molecule has 0 saturated heterocycles. The van der Waals surface area contributed by atoms with Crippen LogP contribution >= 0.6 is 0 Å². The van der Waals surface area contributed by atoms with Crippen molar-refractivity contribution in [3.8, 4) is 0 Å². The summed E-state index contributed by atoms with van der Waals surface area (Å²) in [6.07, 6.45) is 5.84. The third-order valence-corrected chi connectivity index (χ3v) is 3.30. The van der Waals surface area contributed by atoms with E-state index in [-0.39, 0.29) is 5.91 Å². The predicted molar refractivity (Wildman–Crippen MR) is 78.7 cm³/mol. The first-order valence-corrected chi connectivity index (χ1v) is 6.94. The number of nitrogens with one attached hydrogen (secondary N) is 1. The lowest BCUT2D eigenvalue weighted by Gasteiger charge is -2.27. The van der Waals surface area contributed by atoms with E-state index in [0.29, 0.717) is 18.5 Å². The summed E-state index contributed by atoms with van der Waals surface area (Å²) in [5, 5.41) is 2.34. The van der Waals surface area contributed by atoms with Gasteiger partial charge in [-0.2, -0.15) is 0 Å². The van der Waals surface area contributed by atoms with Crippen molar-refractivity contribution < 1.29 is 14.3 Å². The van der Waals surface area contributed by atoms with Crippen molar-refractivity contribution in [3.05, 3.63) is 42.2 Å². The average Bonchev–Trinajstić information content (AvgIpc) is 2.88. The van der Waals surface area contributed by atoms with Gasteiger partial charge in [-0.15, -0.1) is 0 Å². The zero-order valence-electron chi connectivity index (χ0n) is 12.6. The van der Waals surface area contributed by atoms with E-state index in [1.54, 1.807) is 33.0 Å². The largest absolute Gasteiger partial charge is 0.444 e. The van der Waals surface area contributed by atoms with Crippen molar-refractivity contribution >= 4 is 12.0 Å². The molecular formula is C16H20N2O3. The van der Waals surface area contributed by atoms with Gasteiger partial charge in [0.1, 0.15) is 5.60 Å². The van der Waals surface area contributed by atoms with Gasteiger partial charge in [-0.1, -0.05) is 18.2 Å². The van der Waals surface area contributed by atoms with E-state index in [1.165, 1.54) is 0 Å². The number of hydrogen-bond acceptors (Lipinski definition) is 4. The predicted octanol–water partition coefficient (Wildman–Crippen LogP) is 2.72. The molecule has 0 bridgehead atoms. The number of ether oxygens (including phenoxy) is 1. The van der Waals surface area contributed by atoms with E-state index in [4.69, 9.17) is 4.74 Å². The maximum atomic E-state index is 12.6. The van der Waals surface area contributed by atoms with Crippen LogP contribution in [-0.2, 0) is 14.9 Å². The number of rotatable bonds is 2. The zero-order valence-corrected chi connectivity index (χ0v) is 12.6. The normalized spacial score (nSPS) is 16.5. The van der Waals surface area contributed by atoms with Crippen LogP contribution in [0.15, 0.2) is 36.5 Å². The maximum Gasteiger partial charge on any atom is 0.414 e. The van der Waals surface area contributed by atoms with Crippen molar-refractivity contribution in [2.24, 2.45) is 0 Å². The van der Waals surface area contributed by atoms with Gasteiger partial charge in [0, 0.05) is 6.20 Å². The lowest BCUT2D eigenvalue weighted by molar-refractivity contribution is -0.126. The van der Waals surface area contributed by atoms with E-state index >= 15 is 0 Å². The average molecular weight is 288 g/mol. The summed E-state index contributed by atoms with van der Waals surface area (Å²) in [6, 6.07) is 5.44. The van der Waals surface area contributed by atoms with E-state index in [2.05, 4.69) is 10.3 Å². The third-order valence-electron chi connectivity index (χ3n) is 3.30. The highest BCUT2D eigenvalue weighted by molar-refractivity contribution is 5.98. The first-order chi connectivity index (χ1) is 9.83. The molecule has 112 valence electrons. The summed E-state index contributed by atoms with van der Waals surface area (Å²) in [4.78, 5) is 28.7. The topological polar surface area (TPSA) is 68.3 Å². The van der Waals surface area contributed by atoms with Crippen LogP contribution in [0.1, 0.15) is 39.3 Å². The number of nitrogens with zero attached hydrogens (tertiary/aromatic N) is 1. The number of pyridine rings is 1. The zero-order chi connectivity index (χ0) is 15.5. The van der Waals surface area contributed by atoms with Crippen LogP contribution in [0.4, 0.5) is 4.79 Å². The van der Waals surface area contributed by atoms with E-state index < -0.39 is 17.1 Å². The molecule has 0 saturated carbocycles. The molecule has 1 aliphatic carbocycles. The highest BCUT2D eigenvalue weighted by Gasteiger charge is 2.43. The number of hydrogen-bond donors (Lipinski definition) is 1. The monoisotopic (exact) mass is 288 g/mol. The third kappa shape index (κ3) is 3.48. The van der Waals surface area contributed by atoms with Crippen molar-refractivity contribution in [2.75, 3.05) is 0 Å². The Kier molecular flexibility index (Phi) is 4.11. The Morgan fingerprint density at radius 1 is 1.24 bits per heavy atom. The molecule has 1 N–H and O–H groups in total. The summed E-state index contributed by atoms with van der Waals surface area (Å²) in [5.41, 5.74) is -0.801. The Labute approximate surface area is 124 Å².